The average Bonchev–Trinajstić information content (AvgIpc) is 2.37. The molecule has 0 radical (unpaired) electrons. The topological polar surface area (TPSA) is 64.3 Å². The standard InChI is InChI=1S/C14H22N2O2/c1-11(10-18-2)6-14(17)16-9-13-5-3-4-12(7-13)8-15/h3-5,7,11H,6,8-10,15H2,1-2H3,(H,16,17). The molecule has 1 aromatic carbocycles. The lowest BCUT2D eigenvalue weighted by atomic mass is 10.1. The zero-order valence-corrected chi connectivity index (χ0v) is 11.1. The van der Waals surface area contributed by atoms with Gasteiger partial charge in [0.1, 0.15) is 0 Å². The van der Waals surface area contributed by atoms with Crippen molar-refractivity contribution in [2.24, 2.45) is 11.7 Å². The second-order valence-corrected chi connectivity index (χ2v) is 4.57. The van der Waals surface area contributed by atoms with Gasteiger partial charge < -0.3 is 15.8 Å². The largest absolute Gasteiger partial charge is 0.384 e. The van der Waals surface area contributed by atoms with E-state index in [1.807, 2.05) is 31.2 Å². The number of rotatable bonds is 7. The summed E-state index contributed by atoms with van der Waals surface area (Å²) in [5, 5.41) is 2.90. The smallest absolute Gasteiger partial charge is 0.220 e. The van der Waals surface area contributed by atoms with Crippen molar-refractivity contribution in [3.05, 3.63) is 35.4 Å². The number of amides is 1. The van der Waals surface area contributed by atoms with Gasteiger partial charge in [-0.1, -0.05) is 31.2 Å². The van der Waals surface area contributed by atoms with Crippen molar-refractivity contribution >= 4 is 5.91 Å². The van der Waals surface area contributed by atoms with Gasteiger partial charge in [0.05, 0.1) is 0 Å². The SMILES string of the molecule is COCC(C)CC(=O)NCc1cccc(CN)c1. The van der Waals surface area contributed by atoms with Gasteiger partial charge in [-0.2, -0.15) is 0 Å². The number of hydrogen-bond acceptors (Lipinski definition) is 3. The Morgan fingerprint density at radius 1 is 1.44 bits per heavy atom. The maximum absolute atomic E-state index is 11.7. The molecule has 1 atom stereocenters. The predicted octanol–water partition coefficient (Wildman–Crippen LogP) is 1.43. The van der Waals surface area contributed by atoms with Crippen LogP contribution in [0.4, 0.5) is 0 Å². The number of carbonyl (C=O) groups excluding carboxylic acids is 1. The average molecular weight is 250 g/mol. The van der Waals surface area contributed by atoms with Gasteiger partial charge in [0.25, 0.3) is 0 Å². The van der Waals surface area contributed by atoms with E-state index >= 15 is 0 Å². The molecule has 0 spiro atoms. The van der Waals surface area contributed by atoms with E-state index in [2.05, 4.69) is 5.32 Å². The monoisotopic (exact) mass is 250 g/mol. The number of nitrogens with two attached hydrogens (primary N) is 1. The number of nitrogens with one attached hydrogen (secondary N) is 1. The van der Waals surface area contributed by atoms with Crippen LogP contribution in [0.15, 0.2) is 24.3 Å². The molecule has 4 nitrogen and oxygen atoms in total. The van der Waals surface area contributed by atoms with E-state index in [1.54, 1.807) is 7.11 Å². The fourth-order valence-corrected chi connectivity index (χ4v) is 1.80. The number of methoxy groups -OCH3 is 1. The quantitative estimate of drug-likeness (QED) is 0.769. The fraction of sp³-hybridized carbons (Fsp3) is 0.500. The third kappa shape index (κ3) is 5.29. The Balaban J connectivity index is 2.37. The van der Waals surface area contributed by atoms with Gasteiger partial charge in [-0.3, -0.25) is 4.79 Å². The van der Waals surface area contributed by atoms with Crippen molar-refractivity contribution in [1.82, 2.24) is 5.32 Å². The number of benzene rings is 1. The third-order valence-electron chi connectivity index (χ3n) is 2.70. The minimum absolute atomic E-state index is 0.0534. The lowest BCUT2D eigenvalue weighted by Crippen LogP contribution is -2.25. The van der Waals surface area contributed by atoms with Crippen LogP contribution in [0.25, 0.3) is 0 Å². The normalized spacial score (nSPS) is 12.2. The highest BCUT2D eigenvalue weighted by Crippen LogP contribution is 2.05. The molecule has 4 heteroatoms. The molecule has 1 aromatic rings. The molecule has 1 rings (SSSR count). The lowest BCUT2D eigenvalue weighted by molar-refractivity contribution is -0.122. The second kappa shape index (κ2) is 7.84. The predicted molar refractivity (Wildman–Crippen MR) is 71.8 cm³/mol. The number of hydrogen-bond donors (Lipinski definition) is 2. The van der Waals surface area contributed by atoms with Crippen molar-refractivity contribution in [1.29, 1.82) is 0 Å². The Morgan fingerprint density at radius 2 is 2.17 bits per heavy atom. The van der Waals surface area contributed by atoms with Crippen molar-refractivity contribution in [3.8, 4) is 0 Å². The van der Waals surface area contributed by atoms with Crippen LogP contribution < -0.4 is 11.1 Å². The molecule has 0 saturated heterocycles. The fourth-order valence-electron chi connectivity index (χ4n) is 1.80. The van der Waals surface area contributed by atoms with Gasteiger partial charge in [-0.15, -0.1) is 0 Å². The highest BCUT2D eigenvalue weighted by Gasteiger charge is 2.08. The molecule has 0 aliphatic carbocycles. The van der Waals surface area contributed by atoms with Crippen LogP contribution >= 0.6 is 0 Å². The first kappa shape index (κ1) is 14.7. The van der Waals surface area contributed by atoms with Gasteiger partial charge in [0.2, 0.25) is 5.91 Å². The van der Waals surface area contributed by atoms with E-state index in [1.165, 1.54) is 0 Å². The van der Waals surface area contributed by atoms with Crippen LogP contribution in [0.3, 0.4) is 0 Å². The summed E-state index contributed by atoms with van der Waals surface area (Å²) in [5.41, 5.74) is 7.73. The van der Waals surface area contributed by atoms with Crippen LogP contribution in [0.2, 0.25) is 0 Å². The van der Waals surface area contributed by atoms with E-state index in [4.69, 9.17) is 10.5 Å². The van der Waals surface area contributed by atoms with E-state index in [9.17, 15) is 4.79 Å². The molecule has 1 amide bonds. The minimum atomic E-state index is 0.0534. The summed E-state index contributed by atoms with van der Waals surface area (Å²) in [5.74, 6) is 0.295. The van der Waals surface area contributed by atoms with Crippen molar-refractivity contribution in [3.63, 3.8) is 0 Å². The maximum atomic E-state index is 11.7. The number of ether oxygens (including phenoxy) is 1. The van der Waals surface area contributed by atoms with Crippen LogP contribution in [-0.4, -0.2) is 19.6 Å². The molecule has 0 bridgehead atoms. The summed E-state index contributed by atoms with van der Waals surface area (Å²) >= 11 is 0. The molecule has 0 aromatic heterocycles. The van der Waals surface area contributed by atoms with Crippen LogP contribution in [0.5, 0.6) is 0 Å². The first-order chi connectivity index (χ1) is 8.65. The molecule has 0 fully saturated rings. The van der Waals surface area contributed by atoms with Crippen LogP contribution in [0, 0.1) is 5.92 Å². The van der Waals surface area contributed by atoms with Crippen LogP contribution in [0.1, 0.15) is 24.5 Å². The zero-order valence-electron chi connectivity index (χ0n) is 11.1. The molecule has 1 unspecified atom stereocenters. The number of carbonyl (C=O) groups is 1. The zero-order chi connectivity index (χ0) is 13.4. The second-order valence-electron chi connectivity index (χ2n) is 4.57. The molecule has 18 heavy (non-hydrogen) atoms. The summed E-state index contributed by atoms with van der Waals surface area (Å²) in [4.78, 5) is 11.7. The Morgan fingerprint density at radius 3 is 2.83 bits per heavy atom. The molecular formula is C14H22N2O2. The molecule has 0 aliphatic heterocycles. The van der Waals surface area contributed by atoms with Gasteiger partial charge >= 0.3 is 0 Å². The van der Waals surface area contributed by atoms with E-state index in [-0.39, 0.29) is 11.8 Å². The molecule has 0 saturated carbocycles. The summed E-state index contributed by atoms with van der Waals surface area (Å²) < 4.78 is 5.00. The van der Waals surface area contributed by atoms with Crippen molar-refractivity contribution < 1.29 is 9.53 Å². The van der Waals surface area contributed by atoms with E-state index in [0.29, 0.717) is 26.1 Å². The Hall–Kier alpha value is -1.39. The molecule has 0 heterocycles. The summed E-state index contributed by atoms with van der Waals surface area (Å²) in [7, 11) is 1.65. The minimum Gasteiger partial charge on any atom is -0.384 e. The van der Waals surface area contributed by atoms with E-state index in [0.717, 1.165) is 11.1 Å². The van der Waals surface area contributed by atoms with Crippen molar-refractivity contribution in [2.75, 3.05) is 13.7 Å². The molecular weight excluding hydrogens is 228 g/mol. The summed E-state index contributed by atoms with van der Waals surface area (Å²) in [6.07, 6.45) is 0.490. The highest BCUT2D eigenvalue weighted by atomic mass is 16.5. The molecule has 0 aliphatic rings. The van der Waals surface area contributed by atoms with E-state index < -0.39 is 0 Å². The van der Waals surface area contributed by atoms with Gasteiger partial charge in [-0.25, -0.2) is 0 Å². The first-order valence-corrected chi connectivity index (χ1v) is 6.19. The lowest BCUT2D eigenvalue weighted by Gasteiger charge is -2.11. The van der Waals surface area contributed by atoms with Gasteiger partial charge in [0.15, 0.2) is 0 Å². The Bertz CT molecular complexity index is 380. The Labute approximate surface area is 109 Å². The van der Waals surface area contributed by atoms with Crippen LogP contribution in [-0.2, 0) is 22.6 Å². The van der Waals surface area contributed by atoms with Gasteiger partial charge in [-0.05, 0) is 17.0 Å². The summed E-state index contributed by atoms with van der Waals surface area (Å²) in [6.45, 7) is 3.67. The Kier molecular flexibility index (Phi) is 6.39. The third-order valence-corrected chi connectivity index (χ3v) is 2.70. The maximum Gasteiger partial charge on any atom is 0.220 e. The van der Waals surface area contributed by atoms with Crippen molar-refractivity contribution in [2.45, 2.75) is 26.4 Å². The summed E-state index contributed by atoms with van der Waals surface area (Å²) in [6, 6.07) is 7.93. The van der Waals surface area contributed by atoms with Gasteiger partial charge in [0, 0.05) is 33.2 Å². The first-order valence-electron chi connectivity index (χ1n) is 6.19. The molecule has 100 valence electrons. The highest BCUT2D eigenvalue weighted by molar-refractivity contribution is 5.76. The molecule has 3 N–H and O–H groups in total.